The second-order valence-corrected chi connectivity index (χ2v) is 8.96. The number of rotatable bonds is 6. The Kier molecular flexibility index (Phi) is 5.70. The molecule has 2 aliphatic rings. The van der Waals surface area contributed by atoms with Crippen LogP contribution in [0, 0.1) is 6.92 Å². The van der Waals surface area contributed by atoms with E-state index in [-0.39, 0.29) is 11.5 Å². The fourth-order valence-corrected chi connectivity index (χ4v) is 4.73. The van der Waals surface area contributed by atoms with Gasteiger partial charge in [0, 0.05) is 25.0 Å². The lowest BCUT2D eigenvalue weighted by Crippen LogP contribution is -2.47. The van der Waals surface area contributed by atoms with Crippen LogP contribution in [0.4, 0.5) is 5.69 Å². The van der Waals surface area contributed by atoms with Crippen LogP contribution < -0.4 is 4.90 Å². The Morgan fingerprint density at radius 1 is 1.06 bits per heavy atom. The molecule has 166 valence electrons. The van der Waals surface area contributed by atoms with Gasteiger partial charge in [-0.3, -0.25) is 0 Å². The second-order valence-electron chi connectivity index (χ2n) is 8.96. The first-order chi connectivity index (χ1) is 15.6. The van der Waals surface area contributed by atoms with Gasteiger partial charge >= 0.3 is 0 Å². The van der Waals surface area contributed by atoms with Crippen LogP contribution in [0.3, 0.4) is 0 Å². The summed E-state index contributed by atoms with van der Waals surface area (Å²) in [5.74, 6) is 0.771. The molecule has 0 bridgehead atoms. The van der Waals surface area contributed by atoms with Crippen molar-refractivity contribution in [3.8, 4) is 0 Å². The smallest absolute Gasteiger partial charge is 0.157 e. The Bertz CT molecular complexity index is 1080. The fraction of sp³-hybridized carbons (Fsp3) is 0.407. The van der Waals surface area contributed by atoms with Crippen molar-refractivity contribution < 1.29 is 9.47 Å². The number of hydrogen-bond acceptors (Lipinski definition) is 5. The van der Waals surface area contributed by atoms with Gasteiger partial charge in [-0.05, 0) is 56.0 Å². The third kappa shape index (κ3) is 3.80. The molecule has 0 aliphatic carbocycles. The van der Waals surface area contributed by atoms with Crippen molar-refractivity contribution in [2.45, 2.75) is 45.3 Å². The van der Waals surface area contributed by atoms with Crippen LogP contribution >= 0.6 is 0 Å². The van der Waals surface area contributed by atoms with E-state index in [1.807, 2.05) is 20.0 Å². The number of nitrogens with zero attached hydrogens (tertiary/aromatic N) is 3. The number of anilines is 1. The Morgan fingerprint density at radius 3 is 2.38 bits per heavy atom. The van der Waals surface area contributed by atoms with Gasteiger partial charge in [-0.1, -0.05) is 42.0 Å². The van der Waals surface area contributed by atoms with E-state index in [4.69, 9.17) is 14.5 Å². The van der Waals surface area contributed by atoms with E-state index in [0.717, 1.165) is 44.2 Å². The molecule has 3 aromatic rings. The van der Waals surface area contributed by atoms with E-state index in [1.165, 1.54) is 27.9 Å². The molecular weight excluding hydrogens is 398 g/mol. The van der Waals surface area contributed by atoms with Crippen LogP contribution in [0.1, 0.15) is 53.7 Å². The Hall–Kier alpha value is -2.76. The van der Waals surface area contributed by atoms with Crippen LogP contribution in [-0.4, -0.2) is 36.3 Å². The summed E-state index contributed by atoms with van der Waals surface area (Å²) < 4.78 is 11.4. The van der Waals surface area contributed by atoms with Crippen molar-refractivity contribution in [2.75, 3.05) is 31.3 Å². The molecule has 0 radical (unpaired) electrons. The average Bonchev–Trinajstić information content (AvgIpc) is 2.79. The Labute approximate surface area is 190 Å². The second kappa shape index (κ2) is 8.64. The SMILES string of the molecule is CCOC(C)c1ncc2c(n1)CN(c1ccc(C3(c4ccc(C)cc4)COC3)cc1)CC2. The molecule has 0 amide bonds. The molecular formula is C27H31N3O2. The molecule has 1 fully saturated rings. The number of hydrogen-bond donors (Lipinski definition) is 0. The Balaban J connectivity index is 1.36. The van der Waals surface area contributed by atoms with E-state index in [1.54, 1.807) is 0 Å². The van der Waals surface area contributed by atoms with Gasteiger partial charge in [0.1, 0.15) is 6.10 Å². The van der Waals surface area contributed by atoms with E-state index in [0.29, 0.717) is 6.61 Å². The van der Waals surface area contributed by atoms with Crippen LogP contribution in [0.25, 0.3) is 0 Å². The molecule has 0 spiro atoms. The summed E-state index contributed by atoms with van der Waals surface area (Å²) in [7, 11) is 0. The van der Waals surface area contributed by atoms with E-state index in [9.17, 15) is 0 Å². The lowest BCUT2D eigenvalue weighted by Gasteiger charge is -2.43. The topological polar surface area (TPSA) is 47.5 Å². The van der Waals surface area contributed by atoms with Gasteiger partial charge in [-0.25, -0.2) is 9.97 Å². The fourth-order valence-electron chi connectivity index (χ4n) is 4.73. The van der Waals surface area contributed by atoms with Crippen LogP contribution in [-0.2, 0) is 27.9 Å². The minimum absolute atomic E-state index is 0.0295. The van der Waals surface area contributed by atoms with Gasteiger partial charge in [-0.15, -0.1) is 0 Å². The highest BCUT2D eigenvalue weighted by Crippen LogP contribution is 2.40. The summed E-state index contributed by atoms with van der Waals surface area (Å²) in [5, 5.41) is 0. The summed E-state index contributed by atoms with van der Waals surface area (Å²) in [4.78, 5) is 11.8. The predicted octanol–water partition coefficient (Wildman–Crippen LogP) is 4.76. The zero-order chi connectivity index (χ0) is 22.1. The normalized spacial score (nSPS) is 18.0. The van der Waals surface area contributed by atoms with Crippen molar-refractivity contribution in [1.29, 1.82) is 0 Å². The molecule has 1 saturated heterocycles. The number of aromatic nitrogens is 2. The standard InChI is InChI=1S/C27H31N3O2/c1-4-32-20(3)26-28-15-21-13-14-30(16-25(21)29-26)24-11-9-23(10-12-24)27(17-31-18-27)22-7-5-19(2)6-8-22/h5-12,15,20H,4,13-14,16-18H2,1-3H3. The number of ether oxygens (including phenoxy) is 2. The predicted molar refractivity (Wildman–Crippen MR) is 126 cm³/mol. The summed E-state index contributed by atoms with van der Waals surface area (Å²) in [6.07, 6.45) is 2.86. The molecule has 1 atom stereocenters. The van der Waals surface area contributed by atoms with Crippen molar-refractivity contribution in [2.24, 2.45) is 0 Å². The Morgan fingerprint density at radius 2 is 1.75 bits per heavy atom. The van der Waals surface area contributed by atoms with Crippen LogP contribution in [0.15, 0.2) is 54.7 Å². The molecule has 0 N–H and O–H groups in total. The summed E-state index contributed by atoms with van der Waals surface area (Å²) in [5.41, 5.74) is 7.50. The molecule has 1 aromatic heterocycles. The van der Waals surface area contributed by atoms with Crippen molar-refractivity contribution in [3.05, 3.63) is 88.5 Å². The molecule has 5 heteroatoms. The maximum Gasteiger partial charge on any atom is 0.157 e. The van der Waals surface area contributed by atoms with Gasteiger partial charge in [0.2, 0.25) is 0 Å². The first-order valence-electron chi connectivity index (χ1n) is 11.6. The highest BCUT2D eigenvalue weighted by Gasteiger charge is 2.42. The number of aryl methyl sites for hydroxylation is 1. The molecule has 0 saturated carbocycles. The molecule has 5 nitrogen and oxygen atoms in total. The highest BCUT2D eigenvalue weighted by atomic mass is 16.5. The van der Waals surface area contributed by atoms with E-state index in [2.05, 4.69) is 65.3 Å². The molecule has 5 rings (SSSR count). The summed E-state index contributed by atoms with van der Waals surface area (Å²) in [6, 6.07) is 17.9. The zero-order valence-corrected chi connectivity index (χ0v) is 19.2. The maximum absolute atomic E-state index is 5.69. The first-order valence-corrected chi connectivity index (χ1v) is 11.6. The third-order valence-electron chi connectivity index (χ3n) is 6.83. The highest BCUT2D eigenvalue weighted by molar-refractivity contribution is 5.53. The van der Waals surface area contributed by atoms with E-state index < -0.39 is 0 Å². The maximum atomic E-state index is 5.69. The lowest BCUT2D eigenvalue weighted by atomic mass is 9.73. The molecule has 32 heavy (non-hydrogen) atoms. The molecule has 2 aromatic carbocycles. The molecule has 1 unspecified atom stereocenters. The summed E-state index contributed by atoms with van der Waals surface area (Å²) >= 11 is 0. The van der Waals surface area contributed by atoms with Crippen molar-refractivity contribution in [3.63, 3.8) is 0 Å². The van der Waals surface area contributed by atoms with Crippen LogP contribution in [0.2, 0.25) is 0 Å². The van der Waals surface area contributed by atoms with Gasteiger partial charge in [0.25, 0.3) is 0 Å². The van der Waals surface area contributed by atoms with Gasteiger partial charge < -0.3 is 14.4 Å². The van der Waals surface area contributed by atoms with Gasteiger partial charge in [-0.2, -0.15) is 0 Å². The monoisotopic (exact) mass is 429 g/mol. The first kappa shape index (κ1) is 21.1. The summed E-state index contributed by atoms with van der Waals surface area (Å²) in [6.45, 7) is 10.1. The van der Waals surface area contributed by atoms with Gasteiger partial charge in [0.05, 0.1) is 30.9 Å². The molecule has 3 heterocycles. The number of fused-ring (bicyclic) bond motifs is 1. The lowest BCUT2D eigenvalue weighted by molar-refractivity contribution is -0.0379. The molecule has 2 aliphatic heterocycles. The zero-order valence-electron chi connectivity index (χ0n) is 19.2. The minimum atomic E-state index is -0.0809. The van der Waals surface area contributed by atoms with Crippen LogP contribution in [0.5, 0.6) is 0 Å². The van der Waals surface area contributed by atoms with Crippen molar-refractivity contribution >= 4 is 5.69 Å². The quantitative estimate of drug-likeness (QED) is 0.565. The number of benzene rings is 2. The van der Waals surface area contributed by atoms with Gasteiger partial charge in [0.15, 0.2) is 5.82 Å². The van der Waals surface area contributed by atoms with Crippen molar-refractivity contribution in [1.82, 2.24) is 9.97 Å². The third-order valence-corrected chi connectivity index (χ3v) is 6.83. The van der Waals surface area contributed by atoms with E-state index >= 15 is 0 Å². The average molecular weight is 430 g/mol. The largest absolute Gasteiger partial charge is 0.379 e. The minimum Gasteiger partial charge on any atom is -0.379 e.